The molecule has 0 amide bonds. The standard InChI is InChI=1S/C21H31N5O.HI/c1-16-13-17(2)20(18(3)14-16)5-7-23-21(22-4)26-10-8-25(9-11-26)15-19-6-12-27-24-19;/h6,12-14H,5,7-11,15H2,1-4H3,(H,22,23);1H. The lowest BCUT2D eigenvalue weighted by molar-refractivity contribution is 0.169. The van der Waals surface area contributed by atoms with E-state index >= 15 is 0 Å². The van der Waals surface area contributed by atoms with Gasteiger partial charge in [0.15, 0.2) is 5.96 Å². The number of piperazine rings is 1. The Balaban J connectivity index is 0.00000280. The molecule has 1 aromatic carbocycles. The van der Waals surface area contributed by atoms with Crippen LogP contribution in [0.15, 0.2) is 34.0 Å². The highest BCUT2D eigenvalue weighted by molar-refractivity contribution is 14.0. The van der Waals surface area contributed by atoms with Gasteiger partial charge in [0.25, 0.3) is 0 Å². The zero-order valence-electron chi connectivity index (χ0n) is 17.4. The van der Waals surface area contributed by atoms with Gasteiger partial charge in [-0.1, -0.05) is 22.9 Å². The molecule has 154 valence electrons. The maximum absolute atomic E-state index is 4.92. The molecule has 0 saturated carbocycles. The molecule has 2 heterocycles. The van der Waals surface area contributed by atoms with Crippen molar-refractivity contribution in [2.75, 3.05) is 39.8 Å². The Morgan fingerprint density at radius 2 is 1.82 bits per heavy atom. The van der Waals surface area contributed by atoms with Crippen molar-refractivity contribution in [2.24, 2.45) is 4.99 Å². The van der Waals surface area contributed by atoms with E-state index in [9.17, 15) is 0 Å². The first-order chi connectivity index (χ1) is 13.1. The van der Waals surface area contributed by atoms with E-state index in [1.54, 1.807) is 6.26 Å². The minimum absolute atomic E-state index is 0. The Morgan fingerprint density at radius 3 is 2.39 bits per heavy atom. The fourth-order valence-electron chi connectivity index (χ4n) is 3.90. The van der Waals surface area contributed by atoms with Gasteiger partial charge in [0, 0.05) is 52.4 Å². The van der Waals surface area contributed by atoms with Crippen LogP contribution in [-0.4, -0.2) is 60.7 Å². The van der Waals surface area contributed by atoms with Crippen LogP contribution in [0.4, 0.5) is 0 Å². The maximum atomic E-state index is 4.92. The van der Waals surface area contributed by atoms with E-state index in [1.807, 2.05) is 13.1 Å². The molecular formula is C21H32IN5O. The van der Waals surface area contributed by atoms with Gasteiger partial charge in [-0.25, -0.2) is 0 Å². The third kappa shape index (κ3) is 5.94. The Kier molecular flexibility index (Phi) is 8.75. The summed E-state index contributed by atoms with van der Waals surface area (Å²) in [5, 5.41) is 7.55. The minimum atomic E-state index is 0. The van der Waals surface area contributed by atoms with Gasteiger partial charge in [0.1, 0.15) is 6.26 Å². The van der Waals surface area contributed by atoms with Gasteiger partial charge in [0.05, 0.1) is 5.69 Å². The van der Waals surface area contributed by atoms with E-state index in [1.165, 1.54) is 22.3 Å². The van der Waals surface area contributed by atoms with Crippen LogP contribution in [0.3, 0.4) is 0 Å². The summed E-state index contributed by atoms with van der Waals surface area (Å²) in [6.45, 7) is 12.3. The fourth-order valence-corrected chi connectivity index (χ4v) is 3.90. The Labute approximate surface area is 185 Å². The van der Waals surface area contributed by atoms with Crippen LogP contribution in [0.1, 0.15) is 27.9 Å². The van der Waals surface area contributed by atoms with E-state index in [2.05, 4.69) is 58.2 Å². The van der Waals surface area contributed by atoms with E-state index in [4.69, 9.17) is 4.52 Å². The monoisotopic (exact) mass is 497 g/mol. The molecule has 1 saturated heterocycles. The van der Waals surface area contributed by atoms with E-state index in [0.29, 0.717) is 0 Å². The van der Waals surface area contributed by atoms with Crippen LogP contribution in [0.2, 0.25) is 0 Å². The summed E-state index contributed by atoms with van der Waals surface area (Å²) >= 11 is 0. The summed E-state index contributed by atoms with van der Waals surface area (Å²) in [6.07, 6.45) is 2.65. The third-order valence-corrected chi connectivity index (χ3v) is 5.26. The number of guanidine groups is 1. The summed E-state index contributed by atoms with van der Waals surface area (Å²) in [5.41, 5.74) is 6.54. The molecule has 0 bridgehead atoms. The maximum Gasteiger partial charge on any atom is 0.193 e. The van der Waals surface area contributed by atoms with Crippen LogP contribution in [0.25, 0.3) is 0 Å². The molecule has 28 heavy (non-hydrogen) atoms. The molecule has 3 rings (SSSR count). The van der Waals surface area contributed by atoms with Crippen LogP contribution >= 0.6 is 24.0 Å². The summed E-state index contributed by atoms with van der Waals surface area (Å²) < 4.78 is 4.92. The number of aryl methyl sites for hydroxylation is 3. The van der Waals surface area contributed by atoms with E-state index in [-0.39, 0.29) is 24.0 Å². The van der Waals surface area contributed by atoms with E-state index in [0.717, 1.165) is 57.3 Å². The molecule has 1 N–H and O–H groups in total. The van der Waals surface area contributed by atoms with Crippen LogP contribution in [0.5, 0.6) is 0 Å². The van der Waals surface area contributed by atoms with Gasteiger partial charge in [-0.05, 0) is 43.9 Å². The molecule has 1 aliphatic heterocycles. The fraction of sp³-hybridized carbons (Fsp3) is 0.524. The molecule has 0 spiro atoms. The normalized spacial score (nSPS) is 15.4. The number of hydrogen-bond acceptors (Lipinski definition) is 4. The number of halogens is 1. The number of nitrogens with one attached hydrogen (secondary N) is 1. The van der Waals surface area contributed by atoms with Crippen LogP contribution < -0.4 is 5.32 Å². The van der Waals surface area contributed by atoms with Crippen molar-refractivity contribution in [1.82, 2.24) is 20.3 Å². The van der Waals surface area contributed by atoms with Gasteiger partial charge in [-0.15, -0.1) is 24.0 Å². The van der Waals surface area contributed by atoms with Crippen molar-refractivity contribution in [3.05, 3.63) is 52.4 Å². The van der Waals surface area contributed by atoms with Crippen molar-refractivity contribution in [1.29, 1.82) is 0 Å². The number of aliphatic imine (C=N–C) groups is 1. The molecule has 7 heteroatoms. The molecule has 0 aliphatic carbocycles. The van der Waals surface area contributed by atoms with Gasteiger partial charge in [-0.3, -0.25) is 9.89 Å². The third-order valence-electron chi connectivity index (χ3n) is 5.26. The summed E-state index contributed by atoms with van der Waals surface area (Å²) in [7, 11) is 1.87. The predicted octanol–water partition coefficient (Wildman–Crippen LogP) is 3.15. The SMILES string of the molecule is CN=C(NCCc1c(C)cc(C)cc1C)N1CCN(Cc2ccon2)CC1.I. The molecule has 0 unspecified atom stereocenters. The second kappa shape index (κ2) is 10.8. The first-order valence-electron chi connectivity index (χ1n) is 9.70. The first kappa shape index (κ1) is 22.7. The number of rotatable bonds is 5. The Hall–Kier alpha value is -1.61. The van der Waals surface area contributed by atoms with Crippen molar-refractivity contribution in [2.45, 2.75) is 33.7 Å². The lowest BCUT2D eigenvalue weighted by Gasteiger charge is -2.36. The van der Waals surface area contributed by atoms with Gasteiger partial charge >= 0.3 is 0 Å². The van der Waals surface area contributed by atoms with E-state index < -0.39 is 0 Å². The zero-order chi connectivity index (χ0) is 19.2. The Morgan fingerprint density at radius 1 is 1.14 bits per heavy atom. The average molecular weight is 497 g/mol. The van der Waals surface area contributed by atoms with Crippen molar-refractivity contribution in [3.8, 4) is 0 Å². The number of aromatic nitrogens is 1. The average Bonchev–Trinajstić information content (AvgIpc) is 3.14. The largest absolute Gasteiger partial charge is 0.364 e. The van der Waals surface area contributed by atoms with Crippen LogP contribution in [0, 0.1) is 20.8 Å². The van der Waals surface area contributed by atoms with Gasteiger partial charge in [-0.2, -0.15) is 0 Å². The molecule has 1 fully saturated rings. The number of hydrogen-bond donors (Lipinski definition) is 1. The Bertz CT molecular complexity index is 744. The second-order valence-electron chi connectivity index (χ2n) is 7.36. The quantitative estimate of drug-likeness (QED) is 0.391. The molecule has 1 aromatic heterocycles. The molecule has 0 radical (unpaired) electrons. The molecule has 0 atom stereocenters. The van der Waals surface area contributed by atoms with Crippen molar-refractivity contribution in [3.63, 3.8) is 0 Å². The van der Waals surface area contributed by atoms with Gasteiger partial charge in [0.2, 0.25) is 0 Å². The van der Waals surface area contributed by atoms with Crippen molar-refractivity contribution >= 4 is 29.9 Å². The van der Waals surface area contributed by atoms with Crippen LogP contribution in [-0.2, 0) is 13.0 Å². The second-order valence-corrected chi connectivity index (χ2v) is 7.36. The summed E-state index contributed by atoms with van der Waals surface area (Å²) in [4.78, 5) is 9.23. The highest BCUT2D eigenvalue weighted by atomic mass is 127. The van der Waals surface area contributed by atoms with Gasteiger partial charge < -0.3 is 14.7 Å². The molecule has 2 aromatic rings. The number of nitrogens with zero attached hydrogens (tertiary/aromatic N) is 4. The smallest absolute Gasteiger partial charge is 0.193 e. The first-order valence-corrected chi connectivity index (χ1v) is 9.70. The molecular weight excluding hydrogens is 465 g/mol. The minimum Gasteiger partial charge on any atom is -0.364 e. The molecule has 1 aliphatic rings. The summed E-state index contributed by atoms with van der Waals surface area (Å²) in [5.74, 6) is 0.999. The lowest BCUT2D eigenvalue weighted by Crippen LogP contribution is -2.52. The van der Waals surface area contributed by atoms with Crippen molar-refractivity contribution < 1.29 is 4.52 Å². The summed E-state index contributed by atoms with van der Waals surface area (Å²) in [6, 6.07) is 6.47. The zero-order valence-corrected chi connectivity index (χ0v) is 19.7. The highest BCUT2D eigenvalue weighted by Gasteiger charge is 2.20. The lowest BCUT2D eigenvalue weighted by atomic mass is 9.97. The predicted molar refractivity (Wildman–Crippen MR) is 124 cm³/mol. The topological polar surface area (TPSA) is 56.9 Å². The highest BCUT2D eigenvalue weighted by Crippen LogP contribution is 2.16. The number of benzene rings is 1. The molecule has 6 nitrogen and oxygen atoms in total.